The van der Waals surface area contributed by atoms with E-state index in [4.69, 9.17) is 0 Å². The number of hydrogen-bond acceptors (Lipinski definition) is 5. The number of carboxylic acids is 1. The number of fused-ring (bicyclic) bond motifs is 1. The molecule has 2 aromatic carbocycles. The summed E-state index contributed by atoms with van der Waals surface area (Å²) in [6, 6.07) is 13.2. The number of benzene rings is 2. The van der Waals surface area contributed by atoms with Crippen LogP contribution in [0.5, 0.6) is 0 Å². The summed E-state index contributed by atoms with van der Waals surface area (Å²) >= 11 is 0. The van der Waals surface area contributed by atoms with Gasteiger partial charge in [0.25, 0.3) is 0 Å². The summed E-state index contributed by atoms with van der Waals surface area (Å²) in [6.07, 6.45) is 6.43. The monoisotopic (exact) mass is 404 g/mol. The number of aromatic nitrogens is 6. The normalized spacial score (nSPS) is 12.3. The summed E-state index contributed by atoms with van der Waals surface area (Å²) in [5, 5.41) is 23.9. The summed E-state index contributed by atoms with van der Waals surface area (Å²) in [6.45, 7) is 2.15. The fraction of sp³-hybridized carbons (Fsp3) is 0.318. The van der Waals surface area contributed by atoms with Crippen LogP contribution < -0.4 is 0 Å². The number of unbranched alkanes of at least 4 members (excludes halogenated alkanes) is 3. The van der Waals surface area contributed by atoms with Crippen LogP contribution in [0.15, 0.2) is 48.8 Å². The third-order valence-electron chi connectivity index (χ3n) is 5.37. The molecule has 8 nitrogen and oxygen atoms in total. The number of rotatable bonds is 9. The van der Waals surface area contributed by atoms with Gasteiger partial charge in [0.05, 0.1) is 17.4 Å². The Labute approximate surface area is 174 Å². The molecule has 0 saturated carbocycles. The van der Waals surface area contributed by atoms with Crippen LogP contribution in [0.1, 0.15) is 45.1 Å². The van der Waals surface area contributed by atoms with Crippen LogP contribution in [-0.4, -0.2) is 41.3 Å². The van der Waals surface area contributed by atoms with Crippen molar-refractivity contribution in [1.82, 2.24) is 30.2 Å². The Morgan fingerprint density at radius 1 is 1.13 bits per heavy atom. The molecule has 0 amide bonds. The number of nitrogens with one attached hydrogen (secondary N) is 1. The molecule has 1 unspecified atom stereocenters. The van der Waals surface area contributed by atoms with Crippen LogP contribution in [0.25, 0.3) is 33.5 Å². The third-order valence-corrected chi connectivity index (χ3v) is 5.37. The summed E-state index contributed by atoms with van der Waals surface area (Å²) in [5.41, 5.74) is 4.41. The number of carboxylic acid groups (broad SMARTS) is 1. The number of carbonyl (C=O) groups is 1. The predicted molar refractivity (Wildman–Crippen MR) is 114 cm³/mol. The molecule has 1 atom stereocenters. The van der Waals surface area contributed by atoms with Crippen molar-refractivity contribution in [2.45, 2.75) is 45.1 Å². The van der Waals surface area contributed by atoms with Gasteiger partial charge in [0, 0.05) is 5.56 Å². The molecule has 0 aliphatic heterocycles. The highest BCUT2D eigenvalue weighted by Gasteiger charge is 2.21. The van der Waals surface area contributed by atoms with Gasteiger partial charge in [-0.05, 0) is 40.1 Å². The maximum Gasteiger partial charge on any atom is 0.326 e. The van der Waals surface area contributed by atoms with E-state index >= 15 is 0 Å². The smallest absolute Gasteiger partial charge is 0.326 e. The number of nitrogens with zero attached hydrogens (tertiary/aromatic N) is 5. The van der Waals surface area contributed by atoms with Crippen LogP contribution in [0.2, 0.25) is 0 Å². The van der Waals surface area contributed by atoms with Gasteiger partial charge in [-0.1, -0.05) is 62.9 Å². The quantitative estimate of drug-likeness (QED) is 0.398. The molecule has 4 rings (SSSR count). The Bertz CT molecular complexity index is 1140. The van der Waals surface area contributed by atoms with E-state index in [9.17, 15) is 9.90 Å². The molecule has 154 valence electrons. The van der Waals surface area contributed by atoms with Crippen LogP contribution in [0.3, 0.4) is 0 Å². The lowest BCUT2D eigenvalue weighted by Gasteiger charge is -2.15. The topological polar surface area (TPSA) is 110 Å². The summed E-state index contributed by atoms with van der Waals surface area (Å²) in [4.78, 5) is 16.4. The maximum atomic E-state index is 11.9. The van der Waals surface area contributed by atoms with E-state index in [0.717, 1.165) is 53.4 Å². The van der Waals surface area contributed by atoms with Crippen molar-refractivity contribution >= 4 is 17.0 Å². The molecule has 8 heteroatoms. The minimum absolute atomic E-state index is 0.592. The number of aromatic amines is 1. The second-order valence-corrected chi connectivity index (χ2v) is 7.35. The SMILES string of the molecule is CCCCCCC(C(=O)O)n1cnc2cc(-c3ccccc3-c3nnn[nH]3)ccc21. The average Bonchev–Trinajstić information content (AvgIpc) is 3.43. The van der Waals surface area contributed by atoms with Crippen molar-refractivity contribution in [3.8, 4) is 22.5 Å². The fourth-order valence-electron chi connectivity index (χ4n) is 3.81. The van der Waals surface area contributed by atoms with Gasteiger partial charge in [0.1, 0.15) is 6.04 Å². The Balaban J connectivity index is 1.67. The van der Waals surface area contributed by atoms with E-state index < -0.39 is 12.0 Å². The first-order chi connectivity index (χ1) is 14.7. The lowest BCUT2D eigenvalue weighted by Crippen LogP contribution is -2.18. The number of aliphatic carboxylic acids is 1. The second kappa shape index (κ2) is 8.86. The lowest BCUT2D eigenvalue weighted by atomic mass is 9.99. The third kappa shape index (κ3) is 3.94. The lowest BCUT2D eigenvalue weighted by molar-refractivity contribution is -0.141. The Hall–Kier alpha value is -3.55. The Kier molecular flexibility index (Phi) is 5.83. The van der Waals surface area contributed by atoms with Crippen molar-refractivity contribution in [2.24, 2.45) is 0 Å². The zero-order valence-electron chi connectivity index (χ0n) is 16.8. The van der Waals surface area contributed by atoms with Crippen molar-refractivity contribution < 1.29 is 9.90 Å². The molecule has 2 aromatic heterocycles. The largest absolute Gasteiger partial charge is 0.480 e. The zero-order valence-corrected chi connectivity index (χ0v) is 16.8. The van der Waals surface area contributed by atoms with Gasteiger partial charge in [-0.3, -0.25) is 0 Å². The van der Waals surface area contributed by atoms with Gasteiger partial charge in [-0.25, -0.2) is 14.9 Å². The molecule has 0 saturated heterocycles. The van der Waals surface area contributed by atoms with E-state index in [-0.39, 0.29) is 0 Å². The highest BCUT2D eigenvalue weighted by atomic mass is 16.4. The standard InChI is InChI=1S/C22H24N6O2/c1-2-3-4-5-10-20(22(29)30)28-14-23-18-13-15(11-12-19(18)28)16-8-6-7-9-17(16)21-24-26-27-25-21/h6-9,11-14,20H,2-5,10H2,1H3,(H,29,30)(H,24,25,26,27). The maximum absolute atomic E-state index is 11.9. The van der Waals surface area contributed by atoms with E-state index in [0.29, 0.717) is 12.2 Å². The molecule has 30 heavy (non-hydrogen) atoms. The first-order valence-corrected chi connectivity index (χ1v) is 10.2. The summed E-state index contributed by atoms with van der Waals surface area (Å²) in [7, 11) is 0. The summed E-state index contributed by atoms with van der Waals surface area (Å²) in [5.74, 6) is -0.229. The molecule has 0 aliphatic carbocycles. The van der Waals surface area contributed by atoms with E-state index in [2.05, 4.69) is 32.5 Å². The fourth-order valence-corrected chi connectivity index (χ4v) is 3.81. The highest BCUT2D eigenvalue weighted by molar-refractivity contribution is 5.88. The van der Waals surface area contributed by atoms with E-state index in [1.54, 1.807) is 10.9 Å². The van der Waals surface area contributed by atoms with Crippen LogP contribution in [-0.2, 0) is 4.79 Å². The van der Waals surface area contributed by atoms with Crippen molar-refractivity contribution in [2.75, 3.05) is 0 Å². The van der Waals surface area contributed by atoms with Crippen LogP contribution in [0.4, 0.5) is 0 Å². The van der Waals surface area contributed by atoms with Gasteiger partial charge in [-0.15, -0.1) is 5.10 Å². The highest BCUT2D eigenvalue weighted by Crippen LogP contribution is 2.32. The first-order valence-electron chi connectivity index (χ1n) is 10.2. The minimum Gasteiger partial charge on any atom is -0.480 e. The molecule has 0 bridgehead atoms. The first kappa shape index (κ1) is 19.8. The van der Waals surface area contributed by atoms with E-state index in [1.165, 1.54) is 0 Å². The van der Waals surface area contributed by atoms with E-state index in [1.807, 2.05) is 42.5 Å². The van der Waals surface area contributed by atoms with Gasteiger partial charge in [0.2, 0.25) is 0 Å². The number of hydrogen-bond donors (Lipinski definition) is 2. The molecular weight excluding hydrogens is 380 g/mol. The van der Waals surface area contributed by atoms with Crippen molar-refractivity contribution in [1.29, 1.82) is 0 Å². The minimum atomic E-state index is -0.821. The van der Waals surface area contributed by atoms with Gasteiger partial charge < -0.3 is 9.67 Å². The van der Waals surface area contributed by atoms with Gasteiger partial charge >= 0.3 is 5.97 Å². The molecule has 2 N–H and O–H groups in total. The molecule has 0 fully saturated rings. The van der Waals surface area contributed by atoms with Gasteiger partial charge in [0.15, 0.2) is 5.82 Å². The number of imidazole rings is 1. The van der Waals surface area contributed by atoms with Gasteiger partial charge in [-0.2, -0.15) is 0 Å². The molecule has 0 spiro atoms. The van der Waals surface area contributed by atoms with Crippen LogP contribution in [0, 0.1) is 0 Å². The Morgan fingerprint density at radius 3 is 2.70 bits per heavy atom. The number of H-pyrrole nitrogens is 1. The molecule has 2 heterocycles. The summed E-state index contributed by atoms with van der Waals surface area (Å²) < 4.78 is 1.78. The number of tetrazole rings is 1. The molecule has 4 aromatic rings. The van der Waals surface area contributed by atoms with Crippen LogP contribution >= 0.6 is 0 Å². The predicted octanol–water partition coefficient (Wildman–Crippen LogP) is 4.48. The molecule has 0 radical (unpaired) electrons. The van der Waals surface area contributed by atoms with Crippen molar-refractivity contribution in [3.05, 3.63) is 48.8 Å². The molecule has 0 aliphatic rings. The zero-order chi connectivity index (χ0) is 20.9. The van der Waals surface area contributed by atoms with Crippen molar-refractivity contribution in [3.63, 3.8) is 0 Å². The second-order valence-electron chi connectivity index (χ2n) is 7.35. The Morgan fingerprint density at radius 2 is 1.97 bits per heavy atom. The average molecular weight is 404 g/mol. The molecular formula is C22H24N6O2.